The lowest BCUT2D eigenvalue weighted by Crippen LogP contribution is -2.30. The second-order valence-electron chi connectivity index (χ2n) is 7.47. The third kappa shape index (κ3) is 3.94. The van der Waals surface area contributed by atoms with Crippen molar-refractivity contribution in [1.82, 2.24) is 4.90 Å². The number of amides is 1. The van der Waals surface area contributed by atoms with E-state index in [1.54, 1.807) is 0 Å². The Morgan fingerprint density at radius 1 is 1.13 bits per heavy atom. The van der Waals surface area contributed by atoms with Crippen molar-refractivity contribution in [2.75, 3.05) is 13.6 Å². The van der Waals surface area contributed by atoms with E-state index in [9.17, 15) is 31.5 Å². The van der Waals surface area contributed by atoms with Gasteiger partial charge in [-0.3, -0.25) is 9.59 Å². The smallest absolute Gasteiger partial charge is 0.395 e. The second kappa shape index (κ2) is 7.21. The van der Waals surface area contributed by atoms with Gasteiger partial charge in [-0.05, 0) is 29.3 Å². The molecule has 1 fully saturated rings. The zero-order valence-corrected chi connectivity index (χ0v) is 16.1. The van der Waals surface area contributed by atoms with Crippen molar-refractivity contribution in [1.29, 1.82) is 0 Å². The Balaban J connectivity index is 1.63. The minimum absolute atomic E-state index is 0.103. The van der Waals surface area contributed by atoms with E-state index in [4.69, 9.17) is 0 Å². The lowest BCUT2D eigenvalue weighted by atomic mass is 9.83. The number of Topliss-reactive ketones (excluding diaryl/α,β-unsaturated/α-hetero) is 1. The van der Waals surface area contributed by atoms with Crippen LogP contribution in [-0.2, 0) is 22.2 Å². The molecule has 1 amide bonds. The summed E-state index contributed by atoms with van der Waals surface area (Å²) < 4.78 is 75.2. The van der Waals surface area contributed by atoms with Gasteiger partial charge in [-0.2, -0.15) is 13.2 Å². The number of hydrogen-bond donors (Lipinski definition) is 0. The average Bonchev–Trinajstić information content (AvgIpc) is 3.15. The summed E-state index contributed by atoms with van der Waals surface area (Å²) in [6, 6.07) is 8.62. The maximum atomic E-state index is 13.3. The molecule has 0 bridgehead atoms. The molecule has 2 aliphatic heterocycles. The van der Waals surface area contributed by atoms with Crippen molar-refractivity contribution >= 4 is 11.7 Å². The van der Waals surface area contributed by atoms with Crippen LogP contribution in [0, 0.1) is 5.92 Å². The molecule has 0 spiro atoms. The molecule has 2 aromatic carbocycles. The van der Waals surface area contributed by atoms with Crippen LogP contribution in [0.25, 0.3) is 0 Å². The highest BCUT2D eigenvalue weighted by Gasteiger charge is 2.47. The summed E-state index contributed by atoms with van der Waals surface area (Å²) in [5, 5.41) is 0. The number of carbonyl (C=O) groups is 2. The quantitative estimate of drug-likeness (QED) is 0.532. The lowest BCUT2D eigenvalue weighted by Gasteiger charge is -2.18. The summed E-state index contributed by atoms with van der Waals surface area (Å²) in [7, 11) is 1.47. The Morgan fingerprint density at radius 2 is 1.81 bits per heavy atom. The Labute approximate surface area is 173 Å². The molecule has 0 unspecified atom stereocenters. The van der Waals surface area contributed by atoms with Crippen molar-refractivity contribution in [3.63, 3.8) is 0 Å². The molecule has 164 valence electrons. The fourth-order valence-electron chi connectivity index (χ4n) is 4.00. The fraction of sp³-hybridized carbons (Fsp3) is 0.333. The van der Waals surface area contributed by atoms with Crippen LogP contribution in [-0.4, -0.2) is 36.5 Å². The van der Waals surface area contributed by atoms with Gasteiger partial charge in [0, 0.05) is 25.9 Å². The van der Waals surface area contributed by atoms with Gasteiger partial charge >= 0.3 is 12.5 Å². The Bertz CT molecular complexity index is 1050. The Hall–Kier alpha value is -3.17. The summed E-state index contributed by atoms with van der Waals surface area (Å²) in [6.07, 6.45) is -9.05. The zero-order valence-electron chi connectivity index (χ0n) is 16.1. The number of ether oxygens (including phenoxy) is 2. The second-order valence-corrected chi connectivity index (χ2v) is 7.47. The van der Waals surface area contributed by atoms with E-state index in [2.05, 4.69) is 9.47 Å². The molecular formula is C21H16F5NO4. The van der Waals surface area contributed by atoms with Crippen LogP contribution in [0.4, 0.5) is 22.0 Å². The number of likely N-dealkylation sites (N-methyl/N-ethyl adjacent to an activating group) is 1. The summed E-state index contributed by atoms with van der Waals surface area (Å²) in [5.41, 5.74) is -0.796. The monoisotopic (exact) mass is 441 g/mol. The third-order valence-electron chi connectivity index (χ3n) is 5.40. The van der Waals surface area contributed by atoms with Gasteiger partial charge in [-0.15, -0.1) is 8.78 Å². The minimum atomic E-state index is -4.64. The van der Waals surface area contributed by atoms with Crippen LogP contribution in [0.5, 0.6) is 11.5 Å². The Morgan fingerprint density at radius 3 is 2.52 bits per heavy atom. The van der Waals surface area contributed by atoms with E-state index in [1.807, 2.05) is 0 Å². The van der Waals surface area contributed by atoms with E-state index in [1.165, 1.54) is 48.3 Å². The van der Waals surface area contributed by atoms with Crippen LogP contribution in [0.3, 0.4) is 0 Å². The first-order valence-corrected chi connectivity index (χ1v) is 9.29. The minimum Gasteiger partial charge on any atom is -0.395 e. The molecule has 4 rings (SSSR count). The van der Waals surface area contributed by atoms with Gasteiger partial charge in [0.25, 0.3) is 0 Å². The van der Waals surface area contributed by atoms with Crippen LogP contribution in [0.1, 0.15) is 22.6 Å². The molecule has 2 aromatic rings. The van der Waals surface area contributed by atoms with Crippen LogP contribution >= 0.6 is 0 Å². The molecule has 2 atom stereocenters. The van der Waals surface area contributed by atoms with Crippen molar-refractivity contribution in [3.8, 4) is 11.5 Å². The standard InChI is InChI=1S/C21H16F5NO4/c1-27-10-13(11-6-7-16-17(9-11)31-21(25,26)30-16)18(19(27)29)15(28)8-12-4-2-3-5-14(12)20(22,23)24/h2-7,9,13,18H,8,10H2,1H3/t13-,18+/m1/s1. The highest BCUT2D eigenvalue weighted by molar-refractivity contribution is 6.04. The number of halogens is 5. The normalized spacial score (nSPS) is 22.1. The number of rotatable bonds is 4. The van der Waals surface area contributed by atoms with Gasteiger partial charge < -0.3 is 14.4 Å². The van der Waals surface area contributed by atoms with E-state index in [0.29, 0.717) is 5.56 Å². The van der Waals surface area contributed by atoms with Gasteiger partial charge in [0.15, 0.2) is 11.5 Å². The number of alkyl halides is 5. The van der Waals surface area contributed by atoms with Gasteiger partial charge in [0.05, 0.1) is 5.56 Å². The first-order valence-electron chi connectivity index (χ1n) is 9.29. The van der Waals surface area contributed by atoms with Crippen molar-refractivity contribution in [2.45, 2.75) is 24.8 Å². The number of benzene rings is 2. The largest absolute Gasteiger partial charge is 0.586 e. The summed E-state index contributed by atoms with van der Waals surface area (Å²) in [6.45, 7) is 0.103. The maximum absolute atomic E-state index is 13.3. The number of ketones is 1. The molecule has 0 aromatic heterocycles. The van der Waals surface area contributed by atoms with Crippen LogP contribution in [0.2, 0.25) is 0 Å². The molecule has 0 saturated carbocycles. The van der Waals surface area contributed by atoms with Gasteiger partial charge in [0.1, 0.15) is 11.7 Å². The van der Waals surface area contributed by atoms with Crippen molar-refractivity contribution < 1.29 is 41.0 Å². The SMILES string of the molecule is CN1C[C@H](c2ccc3c(c2)OC(F)(F)O3)[C@@H](C(=O)Cc2ccccc2C(F)(F)F)C1=O. The predicted octanol–water partition coefficient (Wildman–Crippen LogP) is 4.01. The molecule has 2 aliphatic rings. The number of fused-ring (bicyclic) bond motifs is 1. The maximum Gasteiger partial charge on any atom is 0.586 e. The highest BCUT2D eigenvalue weighted by atomic mass is 19.4. The number of likely N-dealkylation sites (tertiary alicyclic amines) is 1. The van der Waals surface area contributed by atoms with Crippen molar-refractivity contribution in [3.05, 3.63) is 59.2 Å². The van der Waals surface area contributed by atoms with Crippen molar-refractivity contribution in [2.24, 2.45) is 5.92 Å². The molecule has 2 heterocycles. The number of hydrogen-bond acceptors (Lipinski definition) is 4. The van der Waals surface area contributed by atoms with Gasteiger partial charge in [0.2, 0.25) is 5.91 Å². The average molecular weight is 441 g/mol. The van der Waals surface area contributed by atoms with E-state index < -0.39 is 48.0 Å². The highest BCUT2D eigenvalue weighted by Crippen LogP contribution is 2.44. The van der Waals surface area contributed by atoms with E-state index in [0.717, 1.165) is 6.07 Å². The topological polar surface area (TPSA) is 55.8 Å². The number of carbonyl (C=O) groups excluding carboxylic acids is 2. The molecule has 0 aliphatic carbocycles. The summed E-state index contributed by atoms with van der Waals surface area (Å²) in [4.78, 5) is 26.9. The molecule has 0 N–H and O–H groups in total. The molecule has 5 nitrogen and oxygen atoms in total. The number of nitrogens with zero attached hydrogens (tertiary/aromatic N) is 1. The molecular weight excluding hydrogens is 425 g/mol. The van der Waals surface area contributed by atoms with Crippen LogP contribution < -0.4 is 9.47 Å². The van der Waals surface area contributed by atoms with Crippen LogP contribution in [0.15, 0.2) is 42.5 Å². The molecule has 10 heteroatoms. The summed E-state index contributed by atoms with van der Waals surface area (Å²) in [5.74, 6) is -3.62. The fourth-order valence-corrected chi connectivity index (χ4v) is 4.00. The first-order chi connectivity index (χ1) is 14.5. The summed E-state index contributed by atoms with van der Waals surface area (Å²) >= 11 is 0. The molecule has 31 heavy (non-hydrogen) atoms. The van der Waals surface area contributed by atoms with Gasteiger partial charge in [-0.25, -0.2) is 0 Å². The third-order valence-corrected chi connectivity index (χ3v) is 5.40. The van der Waals surface area contributed by atoms with E-state index >= 15 is 0 Å². The van der Waals surface area contributed by atoms with E-state index in [-0.39, 0.29) is 23.6 Å². The lowest BCUT2D eigenvalue weighted by molar-refractivity contribution is -0.286. The predicted molar refractivity (Wildman–Crippen MR) is 96.7 cm³/mol. The molecule has 0 radical (unpaired) electrons. The zero-order chi connectivity index (χ0) is 22.6. The van der Waals surface area contributed by atoms with Gasteiger partial charge in [-0.1, -0.05) is 24.3 Å². The molecule has 1 saturated heterocycles. The Kier molecular flexibility index (Phi) is 4.90. The first kappa shape index (κ1) is 21.1.